The number of rotatable bonds is 3. The number of nitrogens with zero attached hydrogens (tertiary/aromatic N) is 1. The van der Waals surface area contributed by atoms with Crippen molar-refractivity contribution in [3.63, 3.8) is 0 Å². The van der Waals surface area contributed by atoms with E-state index in [-0.39, 0.29) is 6.04 Å². The Hall–Kier alpha value is -1.71. The summed E-state index contributed by atoms with van der Waals surface area (Å²) in [6, 6.07) is 18.9. The topological polar surface area (TPSA) is 24.9 Å². The maximum absolute atomic E-state index is 4.43. The van der Waals surface area contributed by atoms with E-state index in [0.717, 1.165) is 9.99 Å². The molecule has 0 saturated carbocycles. The minimum Gasteiger partial charge on any atom is -0.309 e. The highest BCUT2D eigenvalue weighted by molar-refractivity contribution is 9.10. The van der Waals surface area contributed by atoms with Gasteiger partial charge in [0, 0.05) is 16.1 Å². The van der Waals surface area contributed by atoms with Crippen LogP contribution < -0.4 is 5.32 Å². The Balaban J connectivity index is 2.17. The molecular formula is C17H15BrN2. The monoisotopic (exact) mass is 326 g/mol. The van der Waals surface area contributed by atoms with Crippen molar-refractivity contribution in [2.75, 3.05) is 7.05 Å². The highest BCUT2D eigenvalue weighted by Crippen LogP contribution is 2.29. The van der Waals surface area contributed by atoms with Crippen molar-refractivity contribution in [3.05, 3.63) is 76.4 Å². The van der Waals surface area contributed by atoms with Crippen LogP contribution in [0.3, 0.4) is 0 Å². The van der Waals surface area contributed by atoms with Crippen molar-refractivity contribution in [2.24, 2.45) is 0 Å². The molecule has 0 amide bonds. The number of benzene rings is 2. The van der Waals surface area contributed by atoms with Crippen LogP contribution in [-0.2, 0) is 0 Å². The van der Waals surface area contributed by atoms with E-state index in [0.29, 0.717) is 0 Å². The summed E-state index contributed by atoms with van der Waals surface area (Å²) in [5, 5.41) is 4.59. The van der Waals surface area contributed by atoms with Gasteiger partial charge in [-0.05, 0) is 42.4 Å². The zero-order chi connectivity index (χ0) is 13.9. The Morgan fingerprint density at radius 2 is 1.90 bits per heavy atom. The first-order chi connectivity index (χ1) is 9.79. The molecule has 100 valence electrons. The molecule has 2 aromatic carbocycles. The number of aromatic nitrogens is 1. The molecule has 0 aliphatic heterocycles. The van der Waals surface area contributed by atoms with Gasteiger partial charge in [0.1, 0.15) is 0 Å². The van der Waals surface area contributed by atoms with Gasteiger partial charge in [-0.2, -0.15) is 0 Å². The van der Waals surface area contributed by atoms with Gasteiger partial charge in [0.2, 0.25) is 0 Å². The molecule has 0 bridgehead atoms. The molecule has 0 aliphatic carbocycles. The lowest BCUT2D eigenvalue weighted by molar-refractivity contribution is 0.696. The SMILES string of the molecule is CNC(c1cccc(Br)c1)c1cccc2ncccc12. The zero-order valence-electron chi connectivity index (χ0n) is 11.2. The molecule has 3 aromatic rings. The summed E-state index contributed by atoms with van der Waals surface area (Å²) in [5.74, 6) is 0. The second kappa shape index (κ2) is 5.73. The number of nitrogens with one attached hydrogen (secondary N) is 1. The lowest BCUT2D eigenvalue weighted by atomic mass is 9.95. The van der Waals surface area contributed by atoms with Crippen molar-refractivity contribution in [1.82, 2.24) is 10.3 Å². The quantitative estimate of drug-likeness (QED) is 0.775. The highest BCUT2D eigenvalue weighted by Gasteiger charge is 2.14. The summed E-state index contributed by atoms with van der Waals surface area (Å²) in [6.07, 6.45) is 1.83. The Labute approximate surface area is 127 Å². The van der Waals surface area contributed by atoms with Crippen LogP contribution in [0.1, 0.15) is 17.2 Å². The maximum Gasteiger partial charge on any atom is 0.0705 e. The predicted octanol–water partition coefficient (Wildman–Crippen LogP) is 4.31. The second-order valence-corrected chi connectivity index (χ2v) is 5.61. The van der Waals surface area contributed by atoms with Crippen LogP contribution in [0.2, 0.25) is 0 Å². The minimum absolute atomic E-state index is 0.153. The van der Waals surface area contributed by atoms with Gasteiger partial charge in [-0.3, -0.25) is 4.98 Å². The van der Waals surface area contributed by atoms with Gasteiger partial charge in [-0.1, -0.05) is 46.3 Å². The average Bonchev–Trinajstić information content (AvgIpc) is 2.48. The Kier molecular flexibility index (Phi) is 3.81. The summed E-state index contributed by atoms with van der Waals surface area (Å²) >= 11 is 3.54. The first-order valence-corrected chi connectivity index (χ1v) is 7.35. The average molecular weight is 327 g/mol. The van der Waals surface area contributed by atoms with Gasteiger partial charge in [-0.25, -0.2) is 0 Å². The number of hydrogen-bond acceptors (Lipinski definition) is 2. The highest BCUT2D eigenvalue weighted by atomic mass is 79.9. The van der Waals surface area contributed by atoms with E-state index in [2.05, 4.69) is 62.6 Å². The lowest BCUT2D eigenvalue weighted by Crippen LogP contribution is -2.18. The molecule has 1 N–H and O–H groups in total. The van der Waals surface area contributed by atoms with Crippen LogP contribution in [0.4, 0.5) is 0 Å². The van der Waals surface area contributed by atoms with Gasteiger partial charge in [-0.15, -0.1) is 0 Å². The number of halogens is 1. The fourth-order valence-corrected chi connectivity index (χ4v) is 2.98. The van der Waals surface area contributed by atoms with Crippen LogP contribution in [0.15, 0.2) is 65.3 Å². The normalized spacial score (nSPS) is 12.5. The first-order valence-electron chi connectivity index (χ1n) is 6.56. The van der Waals surface area contributed by atoms with E-state index in [4.69, 9.17) is 0 Å². The summed E-state index contributed by atoms with van der Waals surface area (Å²) in [6.45, 7) is 0. The van der Waals surface area contributed by atoms with Gasteiger partial charge in [0.15, 0.2) is 0 Å². The van der Waals surface area contributed by atoms with E-state index in [1.165, 1.54) is 16.5 Å². The molecule has 1 heterocycles. The number of pyridine rings is 1. The standard InChI is InChI=1S/C17H15BrN2/c1-19-17(12-5-2-6-13(18)11-12)15-7-3-9-16-14(15)8-4-10-20-16/h2-11,17,19H,1H3. The van der Waals surface area contributed by atoms with Crippen molar-refractivity contribution in [2.45, 2.75) is 6.04 Å². The zero-order valence-corrected chi connectivity index (χ0v) is 12.8. The van der Waals surface area contributed by atoms with Gasteiger partial charge >= 0.3 is 0 Å². The Morgan fingerprint density at radius 1 is 1.05 bits per heavy atom. The maximum atomic E-state index is 4.43. The number of fused-ring (bicyclic) bond motifs is 1. The van der Waals surface area contributed by atoms with E-state index in [9.17, 15) is 0 Å². The molecule has 20 heavy (non-hydrogen) atoms. The summed E-state index contributed by atoms with van der Waals surface area (Å²) < 4.78 is 1.09. The van der Waals surface area contributed by atoms with E-state index < -0.39 is 0 Å². The molecular weight excluding hydrogens is 312 g/mol. The van der Waals surface area contributed by atoms with Gasteiger partial charge < -0.3 is 5.32 Å². The molecule has 0 fully saturated rings. The molecule has 3 rings (SSSR count). The third-order valence-electron chi connectivity index (χ3n) is 3.46. The van der Waals surface area contributed by atoms with Gasteiger partial charge in [0.25, 0.3) is 0 Å². The van der Waals surface area contributed by atoms with Crippen molar-refractivity contribution < 1.29 is 0 Å². The predicted molar refractivity (Wildman–Crippen MR) is 86.8 cm³/mol. The molecule has 0 aliphatic rings. The molecule has 0 spiro atoms. The van der Waals surface area contributed by atoms with E-state index >= 15 is 0 Å². The van der Waals surface area contributed by atoms with Crippen molar-refractivity contribution in [3.8, 4) is 0 Å². The Bertz CT molecular complexity index is 734. The molecule has 2 nitrogen and oxygen atoms in total. The van der Waals surface area contributed by atoms with Crippen molar-refractivity contribution >= 4 is 26.8 Å². The Morgan fingerprint density at radius 3 is 2.70 bits per heavy atom. The molecule has 1 atom stereocenters. The van der Waals surface area contributed by atoms with Gasteiger partial charge in [0.05, 0.1) is 11.6 Å². The van der Waals surface area contributed by atoms with E-state index in [1.807, 2.05) is 31.4 Å². The van der Waals surface area contributed by atoms with Crippen LogP contribution in [0, 0.1) is 0 Å². The first kappa shape index (κ1) is 13.3. The number of hydrogen-bond donors (Lipinski definition) is 1. The fourth-order valence-electron chi connectivity index (χ4n) is 2.57. The molecule has 1 unspecified atom stereocenters. The van der Waals surface area contributed by atoms with Crippen LogP contribution in [-0.4, -0.2) is 12.0 Å². The minimum atomic E-state index is 0.153. The van der Waals surface area contributed by atoms with Crippen LogP contribution >= 0.6 is 15.9 Å². The fraction of sp³-hybridized carbons (Fsp3) is 0.118. The molecule has 0 radical (unpaired) electrons. The summed E-state index contributed by atoms with van der Waals surface area (Å²) in [5.41, 5.74) is 3.51. The van der Waals surface area contributed by atoms with Crippen molar-refractivity contribution in [1.29, 1.82) is 0 Å². The summed E-state index contributed by atoms with van der Waals surface area (Å²) in [4.78, 5) is 4.43. The van der Waals surface area contributed by atoms with Crippen LogP contribution in [0.5, 0.6) is 0 Å². The second-order valence-electron chi connectivity index (χ2n) is 4.69. The molecule has 0 saturated heterocycles. The molecule has 3 heteroatoms. The smallest absolute Gasteiger partial charge is 0.0705 e. The third kappa shape index (κ3) is 2.47. The lowest BCUT2D eigenvalue weighted by Gasteiger charge is -2.19. The molecule has 1 aromatic heterocycles. The van der Waals surface area contributed by atoms with Crippen LogP contribution in [0.25, 0.3) is 10.9 Å². The summed E-state index contributed by atoms with van der Waals surface area (Å²) in [7, 11) is 1.99. The largest absolute Gasteiger partial charge is 0.309 e. The third-order valence-corrected chi connectivity index (χ3v) is 3.95. The van der Waals surface area contributed by atoms with E-state index in [1.54, 1.807) is 0 Å².